The van der Waals surface area contributed by atoms with Crippen molar-refractivity contribution >= 4 is 17.6 Å². The molecule has 1 aromatic rings. The molecule has 102 valence electrons. The lowest BCUT2D eigenvalue weighted by atomic mass is 10.3. The third-order valence-electron chi connectivity index (χ3n) is 2.04. The number of nitro benzene ring substituents is 1. The number of nitro groups is 1. The zero-order chi connectivity index (χ0) is 14.4. The summed E-state index contributed by atoms with van der Waals surface area (Å²) in [5, 5.41) is 19.6. The summed E-state index contributed by atoms with van der Waals surface area (Å²) >= 11 is 0. The summed E-state index contributed by atoms with van der Waals surface area (Å²) in [6.45, 7) is 0.584. The number of ether oxygens (including phenoxy) is 2. The van der Waals surface area contributed by atoms with Gasteiger partial charge in [-0.05, 0) is 6.07 Å². The van der Waals surface area contributed by atoms with E-state index in [1.165, 1.54) is 24.3 Å². The highest BCUT2D eigenvalue weighted by molar-refractivity contribution is 5.74. The molecule has 0 aromatic heterocycles. The van der Waals surface area contributed by atoms with E-state index in [2.05, 4.69) is 4.74 Å². The lowest BCUT2D eigenvalue weighted by molar-refractivity contribution is -0.386. The number of hydrogen-bond acceptors (Lipinski definition) is 6. The van der Waals surface area contributed by atoms with Crippen LogP contribution in [0.15, 0.2) is 24.3 Å². The third kappa shape index (κ3) is 4.26. The number of benzene rings is 1. The van der Waals surface area contributed by atoms with Gasteiger partial charge < -0.3 is 14.6 Å². The largest absolute Gasteiger partial charge is 0.478 e. The predicted octanol–water partition coefficient (Wildman–Crippen LogP) is 0.990. The Bertz CT molecular complexity index is 500. The molecule has 0 radical (unpaired) electrons. The van der Waals surface area contributed by atoms with Gasteiger partial charge in [0.25, 0.3) is 0 Å². The molecule has 0 aliphatic rings. The van der Waals surface area contributed by atoms with Crippen LogP contribution in [0.3, 0.4) is 0 Å². The van der Waals surface area contributed by atoms with Crippen LogP contribution in [-0.2, 0) is 14.3 Å². The molecule has 1 aromatic carbocycles. The SMILES string of the molecule is CC(=O)OCC(Oc1ccccc1[N+](=O)[O-])C(=O)O. The minimum Gasteiger partial charge on any atom is -0.478 e. The van der Waals surface area contributed by atoms with Crippen molar-refractivity contribution in [2.75, 3.05) is 6.61 Å². The molecule has 0 amide bonds. The van der Waals surface area contributed by atoms with Gasteiger partial charge in [-0.15, -0.1) is 0 Å². The average molecular weight is 269 g/mol. The second kappa shape index (κ2) is 6.34. The first-order valence-electron chi connectivity index (χ1n) is 5.18. The van der Waals surface area contributed by atoms with Gasteiger partial charge in [-0.2, -0.15) is 0 Å². The molecule has 1 rings (SSSR count). The lowest BCUT2D eigenvalue weighted by Crippen LogP contribution is -2.33. The molecule has 0 bridgehead atoms. The zero-order valence-corrected chi connectivity index (χ0v) is 9.94. The number of carbonyl (C=O) groups is 2. The normalized spacial score (nSPS) is 11.4. The lowest BCUT2D eigenvalue weighted by Gasteiger charge is -2.14. The van der Waals surface area contributed by atoms with Gasteiger partial charge in [0.05, 0.1) is 4.92 Å². The van der Waals surface area contributed by atoms with Gasteiger partial charge in [0.15, 0.2) is 5.75 Å². The molecule has 8 heteroatoms. The molecular formula is C11H11NO7. The Morgan fingerprint density at radius 3 is 2.58 bits per heavy atom. The van der Waals surface area contributed by atoms with Crippen molar-refractivity contribution < 1.29 is 29.1 Å². The van der Waals surface area contributed by atoms with Crippen LogP contribution in [0.2, 0.25) is 0 Å². The van der Waals surface area contributed by atoms with Gasteiger partial charge in [-0.1, -0.05) is 12.1 Å². The molecule has 1 N–H and O–H groups in total. The summed E-state index contributed by atoms with van der Waals surface area (Å²) in [6, 6.07) is 5.34. The summed E-state index contributed by atoms with van der Waals surface area (Å²) in [4.78, 5) is 31.6. The maximum atomic E-state index is 10.9. The second-order valence-corrected chi connectivity index (χ2v) is 3.47. The number of esters is 1. The summed E-state index contributed by atoms with van der Waals surface area (Å²) in [6.07, 6.45) is -1.51. The first kappa shape index (κ1) is 14.4. The van der Waals surface area contributed by atoms with E-state index < -0.39 is 29.6 Å². The maximum Gasteiger partial charge on any atom is 0.348 e. The van der Waals surface area contributed by atoms with Crippen LogP contribution < -0.4 is 4.74 Å². The quantitative estimate of drug-likeness (QED) is 0.465. The number of nitrogens with zero attached hydrogens (tertiary/aromatic N) is 1. The van der Waals surface area contributed by atoms with Crippen LogP contribution in [-0.4, -0.2) is 34.7 Å². The number of hydrogen-bond donors (Lipinski definition) is 1. The molecule has 1 unspecified atom stereocenters. The van der Waals surface area contributed by atoms with E-state index in [0.717, 1.165) is 6.92 Å². The van der Waals surface area contributed by atoms with Gasteiger partial charge in [-0.3, -0.25) is 14.9 Å². The van der Waals surface area contributed by atoms with Crippen LogP contribution in [0.5, 0.6) is 5.75 Å². The highest BCUT2D eigenvalue weighted by Gasteiger charge is 2.25. The maximum absolute atomic E-state index is 10.9. The van der Waals surface area contributed by atoms with Gasteiger partial charge >= 0.3 is 17.6 Å². The Kier molecular flexibility index (Phi) is 4.81. The fourth-order valence-corrected chi connectivity index (χ4v) is 1.21. The van der Waals surface area contributed by atoms with Gasteiger partial charge in [0.2, 0.25) is 6.10 Å². The summed E-state index contributed by atoms with van der Waals surface area (Å²) < 4.78 is 9.52. The fourth-order valence-electron chi connectivity index (χ4n) is 1.21. The van der Waals surface area contributed by atoms with E-state index >= 15 is 0 Å². The van der Waals surface area contributed by atoms with Gasteiger partial charge in [0, 0.05) is 13.0 Å². The van der Waals surface area contributed by atoms with Crippen LogP contribution in [0.25, 0.3) is 0 Å². The predicted molar refractivity (Wildman–Crippen MR) is 61.8 cm³/mol. The van der Waals surface area contributed by atoms with Crippen LogP contribution in [0, 0.1) is 10.1 Å². The average Bonchev–Trinajstić information content (AvgIpc) is 2.34. The zero-order valence-electron chi connectivity index (χ0n) is 9.94. The van der Waals surface area contributed by atoms with Crippen LogP contribution >= 0.6 is 0 Å². The minimum absolute atomic E-state index is 0.202. The highest BCUT2D eigenvalue weighted by atomic mass is 16.6. The van der Waals surface area contributed by atoms with Crippen molar-refractivity contribution in [3.05, 3.63) is 34.4 Å². The number of carboxylic acids is 1. The van der Waals surface area contributed by atoms with Crippen LogP contribution in [0.1, 0.15) is 6.92 Å². The summed E-state index contributed by atoms with van der Waals surface area (Å²) in [7, 11) is 0. The van der Waals surface area contributed by atoms with E-state index in [1.807, 2.05) is 0 Å². The molecule has 0 aliphatic heterocycles. The molecule has 19 heavy (non-hydrogen) atoms. The number of para-hydroxylation sites is 2. The molecular weight excluding hydrogens is 258 g/mol. The van der Waals surface area contributed by atoms with Crippen molar-refractivity contribution in [1.82, 2.24) is 0 Å². The van der Waals surface area contributed by atoms with Crippen molar-refractivity contribution in [2.24, 2.45) is 0 Å². The Morgan fingerprint density at radius 1 is 1.42 bits per heavy atom. The van der Waals surface area contributed by atoms with E-state index in [-0.39, 0.29) is 11.4 Å². The Balaban J connectivity index is 2.87. The molecule has 0 aliphatic carbocycles. The fraction of sp³-hybridized carbons (Fsp3) is 0.273. The standard InChI is InChI=1S/C11H11NO7/c1-7(13)18-6-10(11(14)15)19-9-5-3-2-4-8(9)12(16)17/h2-5,10H,6H2,1H3,(H,14,15). The van der Waals surface area contributed by atoms with E-state index in [4.69, 9.17) is 9.84 Å². The smallest absolute Gasteiger partial charge is 0.348 e. The Hall–Kier alpha value is -2.64. The topological polar surface area (TPSA) is 116 Å². The molecule has 0 heterocycles. The first-order chi connectivity index (χ1) is 8.91. The van der Waals surface area contributed by atoms with Crippen molar-refractivity contribution in [1.29, 1.82) is 0 Å². The molecule has 0 fully saturated rings. The van der Waals surface area contributed by atoms with E-state index in [1.54, 1.807) is 0 Å². The van der Waals surface area contributed by atoms with Crippen molar-refractivity contribution in [3.8, 4) is 5.75 Å². The van der Waals surface area contributed by atoms with Gasteiger partial charge in [0.1, 0.15) is 6.61 Å². The summed E-state index contributed by atoms with van der Waals surface area (Å²) in [5.41, 5.74) is -0.364. The molecule has 0 spiro atoms. The number of carbonyl (C=O) groups excluding carboxylic acids is 1. The van der Waals surface area contributed by atoms with Crippen LogP contribution in [0.4, 0.5) is 5.69 Å². The monoisotopic (exact) mass is 269 g/mol. The summed E-state index contributed by atoms with van der Waals surface area (Å²) in [5.74, 6) is -2.26. The molecule has 0 saturated carbocycles. The van der Waals surface area contributed by atoms with Crippen molar-refractivity contribution in [3.63, 3.8) is 0 Å². The van der Waals surface area contributed by atoms with E-state index in [0.29, 0.717) is 0 Å². The Labute approximate surface area is 107 Å². The van der Waals surface area contributed by atoms with E-state index in [9.17, 15) is 19.7 Å². The highest BCUT2D eigenvalue weighted by Crippen LogP contribution is 2.26. The molecule has 8 nitrogen and oxygen atoms in total. The number of rotatable bonds is 6. The minimum atomic E-state index is -1.51. The third-order valence-corrected chi connectivity index (χ3v) is 2.04. The van der Waals surface area contributed by atoms with Crippen molar-refractivity contribution in [2.45, 2.75) is 13.0 Å². The molecule has 1 atom stereocenters. The number of aliphatic carboxylic acids is 1. The number of carboxylic acid groups (broad SMARTS) is 1. The molecule has 0 saturated heterocycles. The first-order valence-corrected chi connectivity index (χ1v) is 5.18. The van der Waals surface area contributed by atoms with Gasteiger partial charge in [-0.25, -0.2) is 4.79 Å². The second-order valence-electron chi connectivity index (χ2n) is 3.47. The Morgan fingerprint density at radius 2 is 2.05 bits per heavy atom.